The first-order valence-electron chi connectivity index (χ1n) is 21.2. The van der Waals surface area contributed by atoms with Crippen molar-refractivity contribution >= 4 is 40.0 Å². The molecule has 0 radical (unpaired) electrons. The lowest BCUT2D eigenvalue weighted by atomic mass is 9.78. The minimum Gasteiger partial charge on any atom is -0.507 e. The SMILES string of the molecule is CCCN(CCC)N(C)C(=O)COc1cc2c(O)c3c(O)c(C)c4c(c13)C(=O)[C@@](C)(O/C=C/[C@H](OC)[C@@H](C)[C@@H](OC(C)=O)[C@H](C)[C@H](O)[C@H](C)[C@@H](O)[C@@H](C)/C=C/C=C(/C)C(=O)N2)O4. The van der Waals surface area contributed by atoms with Crippen LogP contribution in [0.2, 0.25) is 0 Å². The largest absolute Gasteiger partial charge is 0.507 e. The molecule has 0 aliphatic carbocycles. The van der Waals surface area contributed by atoms with Gasteiger partial charge in [-0.25, -0.2) is 5.01 Å². The van der Waals surface area contributed by atoms with E-state index in [1.165, 1.54) is 64.3 Å². The van der Waals surface area contributed by atoms with Crippen LogP contribution in [0.25, 0.3) is 10.8 Å². The molecule has 5 N–H and O–H groups in total. The van der Waals surface area contributed by atoms with Crippen LogP contribution in [-0.4, -0.2) is 118 Å². The number of allylic oxidation sites excluding steroid dienone is 2. The van der Waals surface area contributed by atoms with Gasteiger partial charge >= 0.3 is 11.8 Å². The highest BCUT2D eigenvalue weighted by atomic mass is 16.7. The van der Waals surface area contributed by atoms with E-state index in [4.69, 9.17) is 23.7 Å². The number of phenols is 2. The Morgan fingerprint density at radius 3 is 2.18 bits per heavy atom. The molecule has 2 aromatic rings. The van der Waals surface area contributed by atoms with Gasteiger partial charge in [-0.05, 0) is 32.8 Å². The van der Waals surface area contributed by atoms with E-state index in [-0.39, 0.29) is 44.7 Å². The first kappa shape index (κ1) is 49.5. The molecule has 0 saturated carbocycles. The summed E-state index contributed by atoms with van der Waals surface area (Å²) in [5.74, 6) is -8.13. The fourth-order valence-corrected chi connectivity index (χ4v) is 8.07. The summed E-state index contributed by atoms with van der Waals surface area (Å²) < 4.78 is 29.9. The fourth-order valence-electron chi connectivity index (χ4n) is 8.07. The number of hydrogen-bond acceptors (Lipinski definition) is 14. The minimum atomic E-state index is -2.04. The maximum atomic E-state index is 14.6. The van der Waals surface area contributed by atoms with Crippen LogP contribution in [0.5, 0.6) is 23.0 Å². The minimum absolute atomic E-state index is 0.0616. The van der Waals surface area contributed by atoms with Gasteiger partial charge in [-0.1, -0.05) is 59.8 Å². The Hall–Kier alpha value is -5.16. The number of phenolic OH excluding ortho intramolecular Hbond substituents is 2. The smallest absolute Gasteiger partial charge is 0.312 e. The van der Waals surface area contributed by atoms with E-state index < -0.39 is 95.5 Å². The molecular formula is C46H65N3O13. The number of ketones is 1. The van der Waals surface area contributed by atoms with Crippen molar-refractivity contribution in [3.8, 4) is 23.0 Å². The number of hydrazine groups is 1. The Labute approximate surface area is 364 Å². The van der Waals surface area contributed by atoms with Gasteiger partial charge in [0.05, 0.1) is 41.2 Å². The number of rotatable bonds is 10. The van der Waals surface area contributed by atoms with E-state index in [0.29, 0.717) is 13.1 Å². The summed E-state index contributed by atoms with van der Waals surface area (Å²) in [5.41, 5.74) is -0.0256. The number of ether oxygens (including phenoxy) is 5. The number of likely N-dealkylation sites (N-methyl/N-ethyl adjacent to an activating group) is 1. The zero-order chi connectivity index (χ0) is 46.4. The third-order valence-corrected chi connectivity index (χ3v) is 11.9. The van der Waals surface area contributed by atoms with Gasteiger partial charge in [0.2, 0.25) is 0 Å². The van der Waals surface area contributed by atoms with Crippen LogP contribution in [0.1, 0.15) is 91.1 Å². The van der Waals surface area contributed by atoms with E-state index >= 15 is 0 Å². The monoisotopic (exact) mass is 867 g/mol. The first-order valence-corrected chi connectivity index (χ1v) is 21.2. The van der Waals surface area contributed by atoms with Crippen LogP contribution in [-0.2, 0) is 28.6 Å². The maximum absolute atomic E-state index is 14.6. The van der Waals surface area contributed by atoms with Crippen LogP contribution in [0.15, 0.2) is 42.2 Å². The number of anilines is 1. The maximum Gasteiger partial charge on any atom is 0.312 e. The molecule has 3 aliphatic rings. The van der Waals surface area contributed by atoms with Crippen molar-refractivity contribution in [2.24, 2.45) is 23.7 Å². The number of benzene rings is 2. The molecule has 2 aromatic carbocycles. The molecule has 3 heterocycles. The molecule has 0 fully saturated rings. The molecule has 0 saturated heterocycles. The summed E-state index contributed by atoms with van der Waals surface area (Å²) in [4.78, 5) is 54.2. The summed E-state index contributed by atoms with van der Waals surface area (Å²) in [6.07, 6.45) is 5.18. The van der Waals surface area contributed by atoms with Gasteiger partial charge < -0.3 is 49.4 Å². The van der Waals surface area contributed by atoms with Gasteiger partial charge in [0, 0.05) is 87.4 Å². The van der Waals surface area contributed by atoms with Gasteiger partial charge in [-0.15, -0.1) is 0 Å². The van der Waals surface area contributed by atoms with E-state index in [1.54, 1.807) is 46.9 Å². The molecule has 62 heavy (non-hydrogen) atoms. The van der Waals surface area contributed by atoms with Crippen LogP contribution in [0, 0.1) is 30.6 Å². The lowest BCUT2D eigenvalue weighted by Gasteiger charge is -2.38. The molecule has 342 valence electrons. The molecule has 16 heteroatoms. The number of nitrogens with one attached hydrogen (secondary N) is 1. The zero-order valence-corrected chi connectivity index (χ0v) is 38.0. The average Bonchev–Trinajstić information content (AvgIpc) is 3.50. The van der Waals surface area contributed by atoms with Crippen LogP contribution in [0.4, 0.5) is 5.69 Å². The van der Waals surface area contributed by atoms with Crippen molar-refractivity contribution in [2.45, 2.75) is 112 Å². The molecule has 3 aliphatic heterocycles. The summed E-state index contributed by atoms with van der Waals surface area (Å²) >= 11 is 0. The molecule has 0 aromatic heterocycles. The lowest BCUT2D eigenvalue weighted by molar-refractivity contribution is -0.160. The summed E-state index contributed by atoms with van der Waals surface area (Å²) in [5, 5.41) is 52.0. The molecule has 5 bridgehead atoms. The number of fused-ring (bicyclic) bond motifs is 14. The standard InChI is InChI=1S/C46H65N3O13/c1-13-19-49(20-14-2)48(11)34(51)23-59-33-22-31-41(55)36-35(33)37-43(29(8)40(36)54)62-46(10,44(37)56)60-21-18-32(58-12)26(5)42(61-30(9)50)28(7)39(53)27(6)38(52)24(3)16-15-17-25(4)45(57)47-31/h15-18,21-22,24,26-28,32,38-39,42,52-55H,13-14,19-20,23H2,1-12H3,(H,47,57)/b16-15+,21-18+,25-17-/t24-,26+,27+,28+,32-,38-,39+,42+,46-/m0/s1. The number of Topliss-reactive ketones (excluding diaryl/α,β-unsaturated/α-hetero) is 1. The van der Waals surface area contributed by atoms with Crippen LogP contribution in [0.3, 0.4) is 0 Å². The number of carbonyl (C=O) groups is 4. The number of methoxy groups -OCH3 is 1. The Morgan fingerprint density at radius 1 is 0.935 bits per heavy atom. The highest BCUT2D eigenvalue weighted by Gasteiger charge is 2.50. The molecule has 16 nitrogen and oxygen atoms in total. The Morgan fingerprint density at radius 2 is 1.58 bits per heavy atom. The third kappa shape index (κ3) is 10.4. The van der Waals surface area contributed by atoms with Gasteiger partial charge in [0.25, 0.3) is 17.6 Å². The number of esters is 1. The quantitative estimate of drug-likeness (QED) is 0.107. The van der Waals surface area contributed by atoms with E-state index in [0.717, 1.165) is 12.8 Å². The van der Waals surface area contributed by atoms with Crippen molar-refractivity contribution < 1.29 is 63.3 Å². The molecular weight excluding hydrogens is 803 g/mol. The number of aliphatic hydroxyl groups excluding tert-OH is 2. The van der Waals surface area contributed by atoms with Gasteiger partial charge in [-0.3, -0.25) is 24.2 Å². The summed E-state index contributed by atoms with van der Waals surface area (Å²) in [6.45, 7) is 17.3. The second kappa shape index (κ2) is 20.8. The number of aromatic hydroxyl groups is 2. The van der Waals surface area contributed by atoms with Crippen molar-refractivity contribution in [1.29, 1.82) is 0 Å². The highest BCUT2D eigenvalue weighted by molar-refractivity contribution is 6.21. The van der Waals surface area contributed by atoms with Crippen molar-refractivity contribution in [2.75, 3.05) is 39.2 Å². The summed E-state index contributed by atoms with van der Waals surface area (Å²) in [6, 6.07) is 1.27. The molecule has 0 unspecified atom stereocenters. The highest BCUT2D eigenvalue weighted by Crippen LogP contribution is 2.54. The Kier molecular flexibility index (Phi) is 16.6. The van der Waals surface area contributed by atoms with E-state index in [2.05, 4.69) is 5.32 Å². The Bertz CT molecular complexity index is 2080. The fraction of sp³-hybridized carbons (Fsp3) is 0.565. The van der Waals surface area contributed by atoms with Crippen LogP contribution < -0.4 is 14.8 Å². The summed E-state index contributed by atoms with van der Waals surface area (Å²) in [7, 11) is 3.07. The normalized spacial score (nSPS) is 29.0. The van der Waals surface area contributed by atoms with Gasteiger partial charge in [0.15, 0.2) is 12.4 Å². The average molecular weight is 868 g/mol. The molecule has 0 spiro atoms. The number of amides is 2. The molecule has 2 amide bonds. The van der Waals surface area contributed by atoms with Crippen molar-refractivity contribution in [3.05, 3.63) is 53.3 Å². The molecule has 5 rings (SSSR count). The predicted octanol–water partition coefficient (Wildman–Crippen LogP) is 5.92. The van der Waals surface area contributed by atoms with E-state index in [1.807, 2.05) is 18.9 Å². The van der Waals surface area contributed by atoms with Crippen molar-refractivity contribution in [3.63, 3.8) is 0 Å². The Balaban J connectivity index is 1.93. The van der Waals surface area contributed by atoms with E-state index in [9.17, 15) is 39.6 Å². The zero-order valence-electron chi connectivity index (χ0n) is 38.0. The third-order valence-electron chi connectivity index (χ3n) is 11.9. The van der Waals surface area contributed by atoms with Crippen LogP contribution >= 0.6 is 0 Å². The number of hydrogen-bond donors (Lipinski definition) is 5. The number of aliphatic hydroxyl groups is 2. The second-order valence-corrected chi connectivity index (χ2v) is 16.6. The van der Waals surface area contributed by atoms with Crippen molar-refractivity contribution in [1.82, 2.24) is 10.0 Å². The topological polar surface area (TPSA) is 214 Å². The molecule has 9 atom stereocenters. The first-order chi connectivity index (χ1) is 29.1. The number of carbonyl (C=O) groups excluding carboxylic acids is 4. The number of nitrogens with zero attached hydrogens (tertiary/aromatic N) is 2. The lowest BCUT2D eigenvalue weighted by Crippen LogP contribution is -2.46. The second-order valence-electron chi connectivity index (χ2n) is 16.6. The van der Waals surface area contributed by atoms with Gasteiger partial charge in [0.1, 0.15) is 23.4 Å². The van der Waals surface area contributed by atoms with Gasteiger partial charge in [-0.2, -0.15) is 0 Å². The predicted molar refractivity (Wildman–Crippen MR) is 233 cm³/mol.